The van der Waals surface area contributed by atoms with E-state index < -0.39 is 7.42 Å². The van der Waals surface area contributed by atoms with Crippen molar-refractivity contribution in [2.75, 3.05) is 0 Å². The lowest BCUT2D eigenvalue weighted by Crippen LogP contribution is -2.03. The summed E-state index contributed by atoms with van der Waals surface area (Å²) in [6.45, 7) is 2.14. The number of ether oxygens (including phenoxy) is 1. The number of benzene rings is 2. The van der Waals surface area contributed by atoms with Crippen molar-refractivity contribution in [3.05, 3.63) is 60.2 Å². The molecule has 0 saturated heterocycles. The zero-order valence-corrected chi connectivity index (χ0v) is 13.4. The molecule has 1 unspecified atom stereocenters. The monoisotopic (exact) mass is 310 g/mol. The van der Waals surface area contributed by atoms with Crippen molar-refractivity contribution in [3.8, 4) is 11.5 Å². The first kappa shape index (κ1) is 14.4. The number of hydrogen-bond acceptors (Lipinski definition) is 1. The molecular weight excluding hydrogens is 295 g/mol. The van der Waals surface area contributed by atoms with Crippen molar-refractivity contribution < 1.29 is 4.74 Å². The summed E-state index contributed by atoms with van der Waals surface area (Å²) in [6, 6.07) is 18.7. The van der Waals surface area contributed by atoms with Crippen LogP contribution >= 0.6 is 22.2 Å². The Morgan fingerprint density at radius 2 is 1.63 bits per heavy atom. The summed E-state index contributed by atoms with van der Waals surface area (Å²) in [4.78, 5) is 0. The lowest BCUT2D eigenvalue weighted by atomic mass is 10.0. The van der Waals surface area contributed by atoms with Crippen molar-refractivity contribution in [3.63, 3.8) is 0 Å². The molecule has 0 bridgehead atoms. The fourth-order valence-electron chi connectivity index (χ4n) is 1.99. The van der Waals surface area contributed by atoms with Gasteiger partial charge < -0.3 is 4.74 Å². The zero-order valence-electron chi connectivity index (χ0n) is 10.7. The predicted molar refractivity (Wildman–Crippen MR) is 85.0 cm³/mol. The number of hydrogen-bond donors (Lipinski definition) is 0. The Morgan fingerprint density at radius 3 is 2.32 bits per heavy atom. The third-order valence-corrected chi connectivity index (χ3v) is 5.09. The van der Waals surface area contributed by atoms with Crippen molar-refractivity contribution >= 4 is 29.6 Å². The van der Waals surface area contributed by atoms with Crippen molar-refractivity contribution in [2.24, 2.45) is 0 Å². The third-order valence-electron chi connectivity index (χ3n) is 2.95. The lowest BCUT2D eigenvalue weighted by molar-refractivity contribution is 0.473. The molecule has 1 nitrogen and oxygen atoms in total. The highest BCUT2D eigenvalue weighted by Gasteiger charge is 2.16. The first-order chi connectivity index (χ1) is 9.16. The molecule has 1 atom stereocenters. The van der Waals surface area contributed by atoms with Crippen LogP contribution in [-0.4, -0.2) is 7.42 Å². The van der Waals surface area contributed by atoms with Gasteiger partial charge in [0, 0.05) is 0 Å². The minimum atomic E-state index is -1.61. The molecule has 2 aromatic rings. The van der Waals surface area contributed by atoms with E-state index in [2.05, 4.69) is 13.0 Å². The predicted octanol–water partition coefficient (Wildman–Crippen LogP) is 5.28. The normalized spacial score (nSPS) is 12.4. The van der Waals surface area contributed by atoms with Crippen LogP contribution in [0.1, 0.15) is 18.4 Å². The topological polar surface area (TPSA) is 9.23 Å². The van der Waals surface area contributed by atoms with Crippen LogP contribution in [0.2, 0.25) is 6.04 Å². The van der Waals surface area contributed by atoms with E-state index in [9.17, 15) is 0 Å². The summed E-state index contributed by atoms with van der Waals surface area (Å²) in [5, 5.41) is 0. The van der Waals surface area contributed by atoms with Gasteiger partial charge in [-0.15, -0.1) is 0 Å². The number of rotatable bonds is 5. The Bertz CT molecular complexity index is 517. The molecule has 0 spiro atoms. The molecule has 0 amide bonds. The molecule has 0 heterocycles. The number of halogens is 2. The van der Waals surface area contributed by atoms with Crippen LogP contribution < -0.4 is 4.74 Å². The maximum absolute atomic E-state index is 6.00. The summed E-state index contributed by atoms with van der Waals surface area (Å²) in [5.74, 6) is 2.03. The van der Waals surface area contributed by atoms with E-state index in [1.807, 2.05) is 48.5 Å². The maximum Gasteiger partial charge on any atom is 0.237 e. The molecule has 0 aliphatic rings. The molecule has 0 saturated carbocycles. The highest BCUT2D eigenvalue weighted by Crippen LogP contribution is 2.33. The van der Waals surface area contributed by atoms with E-state index in [0.717, 1.165) is 23.1 Å². The van der Waals surface area contributed by atoms with Crippen LogP contribution in [0.4, 0.5) is 0 Å². The van der Waals surface area contributed by atoms with Crippen LogP contribution in [0.5, 0.6) is 11.5 Å². The maximum atomic E-state index is 6.00. The van der Waals surface area contributed by atoms with Gasteiger partial charge in [0.2, 0.25) is 7.42 Å². The summed E-state index contributed by atoms with van der Waals surface area (Å²) in [7, 11) is -1.61. The van der Waals surface area contributed by atoms with Crippen LogP contribution in [-0.2, 0) is 0 Å². The average Bonchev–Trinajstić information content (AvgIpc) is 2.39. The summed E-state index contributed by atoms with van der Waals surface area (Å²) in [6.07, 6.45) is 0. The molecule has 0 aliphatic carbocycles. The first-order valence-electron chi connectivity index (χ1n) is 6.27. The van der Waals surface area contributed by atoms with Gasteiger partial charge in [0.05, 0.1) is 0 Å². The van der Waals surface area contributed by atoms with Gasteiger partial charge >= 0.3 is 0 Å². The van der Waals surface area contributed by atoms with Gasteiger partial charge in [-0.2, -0.15) is 22.2 Å². The van der Waals surface area contributed by atoms with Gasteiger partial charge in [-0.3, -0.25) is 0 Å². The van der Waals surface area contributed by atoms with E-state index in [0.29, 0.717) is 5.92 Å². The van der Waals surface area contributed by atoms with E-state index in [1.165, 1.54) is 0 Å². The van der Waals surface area contributed by atoms with Gasteiger partial charge in [0.25, 0.3) is 0 Å². The van der Waals surface area contributed by atoms with Crippen molar-refractivity contribution in [1.82, 2.24) is 0 Å². The summed E-state index contributed by atoms with van der Waals surface area (Å²) >= 11 is 12.0. The molecule has 2 rings (SSSR count). The van der Waals surface area contributed by atoms with Gasteiger partial charge in [-0.1, -0.05) is 43.3 Å². The molecular formula is C15H16Cl2OSi. The van der Waals surface area contributed by atoms with Gasteiger partial charge in [-0.25, -0.2) is 0 Å². The lowest BCUT2D eigenvalue weighted by Gasteiger charge is -2.16. The summed E-state index contributed by atoms with van der Waals surface area (Å²) < 4.78 is 5.94. The molecule has 4 heteroatoms. The molecule has 0 radical (unpaired) electrons. The van der Waals surface area contributed by atoms with Crippen LogP contribution in [0.3, 0.4) is 0 Å². The van der Waals surface area contributed by atoms with Crippen LogP contribution in [0, 0.1) is 0 Å². The van der Waals surface area contributed by atoms with Crippen LogP contribution in [0.25, 0.3) is 0 Å². The second kappa shape index (κ2) is 6.99. The zero-order chi connectivity index (χ0) is 13.7. The van der Waals surface area contributed by atoms with Crippen molar-refractivity contribution in [1.29, 1.82) is 0 Å². The summed E-state index contributed by atoms with van der Waals surface area (Å²) in [5.41, 5.74) is 1.16. The molecule has 2 aromatic carbocycles. The minimum absolute atomic E-state index is 0.312. The Morgan fingerprint density at radius 1 is 1.00 bits per heavy atom. The molecule has 100 valence electrons. The largest absolute Gasteiger partial charge is 0.457 e. The molecule has 19 heavy (non-hydrogen) atoms. The Labute approximate surface area is 125 Å². The SMILES string of the molecule is CC(C[SiH](Cl)Cl)c1ccccc1Oc1ccccc1. The highest BCUT2D eigenvalue weighted by atomic mass is 35.7. The van der Waals surface area contributed by atoms with E-state index in [4.69, 9.17) is 26.9 Å². The van der Waals surface area contributed by atoms with E-state index in [1.54, 1.807) is 0 Å². The fourth-order valence-corrected chi connectivity index (χ4v) is 4.38. The molecule has 0 fully saturated rings. The van der Waals surface area contributed by atoms with Crippen molar-refractivity contribution in [2.45, 2.75) is 18.9 Å². The highest BCUT2D eigenvalue weighted by molar-refractivity contribution is 7.33. The molecule has 0 aromatic heterocycles. The Hall–Kier alpha value is -0.963. The van der Waals surface area contributed by atoms with Gasteiger partial charge in [0.1, 0.15) is 11.5 Å². The second-order valence-electron chi connectivity index (χ2n) is 4.48. The average molecular weight is 311 g/mol. The molecule has 0 aliphatic heterocycles. The Kier molecular flexibility index (Phi) is 5.31. The fraction of sp³-hybridized carbons (Fsp3) is 0.200. The van der Waals surface area contributed by atoms with Crippen LogP contribution in [0.15, 0.2) is 54.6 Å². The first-order valence-corrected chi connectivity index (χ1v) is 10.6. The molecule has 0 N–H and O–H groups in total. The Balaban J connectivity index is 2.21. The van der Waals surface area contributed by atoms with Gasteiger partial charge in [0.15, 0.2) is 0 Å². The quantitative estimate of drug-likeness (QED) is 0.539. The number of para-hydroxylation sites is 2. The third kappa shape index (κ3) is 4.27. The minimum Gasteiger partial charge on any atom is -0.457 e. The smallest absolute Gasteiger partial charge is 0.237 e. The second-order valence-corrected chi connectivity index (χ2v) is 9.57. The van der Waals surface area contributed by atoms with Gasteiger partial charge in [-0.05, 0) is 35.7 Å². The standard InChI is InChI=1S/C15H16Cl2OSi/c1-12(11-19(16)17)14-9-5-6-10-15(14)18-13-7-3-2-4-8-13/h2-10,12,19H,11H2,1H3. The van der Waals surface area contributed by atoms with E-state index >= 15 is 0 Å². The van der Waals surface area contributed by atoms with E-state index in [-0.39, 0.29) is 0 Å².